The summed E-state index contributed by atoms with van der Waals surface area (Å²) in [6.07, 6.45) is 0.951. The van der Waals surface area contributed by atoms with Crippen LogP contribution in [0.3, 0.4) is 0 Å². The lowest BCUT2D eigenvalue weighted by molar-refractivity contribution is -0.144. The monoisotopic (exact) mass is 391 g/mol. The summed E-state index contributed by atoms with van der Waals surface area (Å²) in [4.78, 5) is 21.1. The number of esters is 1. The molecule has 7 heteroatoms. The Balaban J connectivity index is 1.71. The summed E-state index contributed by atoms with van der Waals surface area (Å²) in [6.45, 7) is 7.86. The molecule has 1 fully saturated rings. The van der Waals surface area contributed by atoms with E-state index in [1.807, 2.05) is 38.1 Å². The second kappa shape index (κ2) is 8.10. The third kappa shape index (κ3) is 3.64. The lowest BCUT2D eigenvalue weighted by Gasteiger charge is -2.25. The molecule has 1 saturated heterocycles. The van der Waals surface area contributed by atoms with Crippen molar-refractivity contribution in [3.05, 3.63) is 41.5 Å². The summed E-state index contributed by atoms with van der Waals surface area (Å²) >= 11 is 0. The van der Waals surface area contributed by atoms with Crippen molar-refractivity contribution in [2.75, 3.05) is 44.2 Å². The van der Waals surface area contributed by atoms with Gasteiger partial charge in [0.25, 0.3) is 0 Å². The van der Waals surface area contributed by atoms with Crippen LogP contribution in [0.2, 0.25) is 0 Å². The van der Waals surface area contributed by atoms with E-state index in [4.69, 9.17) is 9.72 Å². The first-order valence-electron chi connectivity index (χ1n) is 10.1. The van der Waals surface area contributed by atoms with Crippen molar-refractivity contribution in [1.82, 2.24) is 14.3 Å². The number of rotatable bonds is 4. The van der Waals surface area contributed by atoms with Crippen LogP contribution in [0.25, 0.3) is 16.7 Å². The van der Waals surface area contributed by atoms with Crippen LogP contribution in [0.5, 0.6) is 0 Å². The van der Waals surface area contributed by atoms with Gasteiger partial charge in [0.1, 0.15) is 11.9 Å². The average molecular weight is 391 g/mol. The number of ether oxygens (including phenoxy) is 1. The third-order valence-corrected chi connectivity index (χ3v) is 5.44. The number of imidazole rings is 1. The van der Waals surface area contributed by atoms with E-state index < -0.39 is 0 Å². The van der Waals surface area contributed by atoms with Gasteiger partial charge >= 0.3 is 5.97 Å². The van der Waals surface area contributed by atoms with Crippen molar-refractivity contribution in [2.24, 2.45) is 0 Å². The Labute approximate surface area is 170 Å². The molecule has 0 saturated carbocycles. The summed E-state index contributed by atoms with van der Waals surface area (Å²) in [5.74, 6) is 0.876. The molecule has 3 heterocycles. The van der Waals surface area contributed by atoms with Crippen LogP contribution in [0.15, 0.2) is 30.3 Å². The molecule has 150 valence electrons. The summed E-state index contributed by atoms with van der Waals surface area (Å²) < 4.78 is 7.20. The van der Waals surface area contributed by atoms with Gasteiger partial charge in [-0.3, -0.25) is 14.1 Å². The number of aromatic nitrogens is 2. The first-order chi connectivity index (χ1) is 14.1. The van der Waals surface area contributed by atoms with E-state index in [9.17, 15) is 10.1 Å². The lowest BCUT2D eigenvalue weighted by Crippen LogP contribution is -2.35. The maximum Gasteiger partial charge on any atom is 0.320 e. The van der Waals surface area contributed by atoms with Gasteiger partial charge in [0.2, 0.25) is 0 Å². The largest absolute Gasteiger partial charge is 0.465 e. The fourth-order valence-corrected chi connectivity index (χ4v) is 4.05. The van der Waals surface area contributed by atoms with Crippen molar-refractivity contribution in [1.29, 1.82) is 5.26 Å². The number of carbonyl (C=O) groups excluding carboxylic acids is 1. The van der Waals surface area contributed by atoms with E-state index >= 15 is 0 Å². The van der Waals surface area contributed by atoms with Crippen molar-refractivity contribution in [2.45, 2.75) is 20.3 Å². The van der Waals surface area contributed by atoms with Gasteiger partial charge in [0, 0.05) is 26.2 Å². The van der Waals surface area contributed by atoms with Gasteiger partial charge in [-0.15, -0.1) is 0 Å². The molecule has 1 aliphatic rings. The number of fused-ring (bicyclic) bond motifs is 3. The molecular formula is C22H25N5O2. The van der Waals surface area contributed by atoms with Gasteiger partial charge in [-0.1, -0.05) is 12.1 Å². The molecule has 1 aromatic carbocycles. The Bertz CT molecular complexity index is 1100. The molecule has 0 bridgehead atoms. The number of benzene rings is 1. The highest BCUT2D eigenvalue weighted by Gasteiger charge is 2.22. The van der Waals surface area contributed by atoms with E-state index in [1.54, 1.807) is 0 Å². The third-order valence-electron chi connectivity index (χ3n) is 5.44. The van der Waals surface area contributed by atoms with E-state index in [1.165, 1.54) is 0 Å². The fraction of sp³-hybridized carbons (Fsp3) is 0.409. The zero-order valence-corrected chi connectivity index (χ0v) is 16.9. The Kier molecular flexibility index (Phi) is 5.36. The van der Waals surface area contributed by atoms with Crippen LogP contribution in [0.1, 0.15) is 24.5 Å². The molecule has 0 amide bonds. The molecule has 2 aromatic heterocycles. The predicted molar refractivity (Wildman–Crippen MR) is 112 cm³/mol. The quantitative estimate of drug-likeness (QED) is 0.637. The first kappa shape index (κ1) is 19.2. The highest BCUT2D eigenvalue weighted by molar-refractivity contribution is 5.85. The molecule has 0 spiro atoms. The van der Waals surface area contributed by atoms with Gasteiger partial charge in [-0.2, -0.15) is 5.26 Å². The molecule has 7 nitrogen and oxygen atoms in total. The maximum absolute atomic E-state index is 11.9. The van der Waals surface area contributed by atoms with Crippen molar-refractivity contribution in [3.63, 3.8) is 0 Å². The van der Waals surface area contributed by atoms with Crippen LogP contribution >= 0.6 is 0 Å². The molecule has 3 aromatic rings. The Hall–Kier alpha value is -3.11. The SMILES string of the molecule is CCOC(=O)CN1CCCN(c2cc(C)c(C#N)c3nc4ccccc4n23)CC1. The van der Waals surface area contributed by atoms with Crippen molar-refractivity contribution in [3.8, 4) is 6.07 Å². The second-order valence-corrected chi connectivity index (χ2v) is 7.35. The molecular weight excluding hydrogens is 366 g/mol. The molecule has 0 atom stereocenters. The first-order valence-corrected chi connectivity index (χ1v) is 10.1. The Morgan fingerprint density at radius 2 is 2.07 bits per heavy atom. The van der Waals surface area contributed by atoms with Gasteiger partial charge in [0.15, 0.2) is 5.65 Å². The predicted octanol–water partition coefficient (Wildman–Crippen LogP) is 2.74. The second-order valence-electron chi connectivity index (χ2n) is 7.35. The van der Waals surface area contributed by atoms with Gasteiger partial charge in [0.05, 0.1) is 29.7 Å². The minimum absolute atomic E-state index is 0.168. The summed E-state index contributed by atoms with van der Waals surface area (Å²) in [7, 11) is 0. The number of nitriles is 1. The highest BCUT2D eigenvalue weighted by atomic mass is 16.5. The minimum atomic E-state index is -0.168. The average Bonchev–Trinajstić information content (AvgIpc) is 2.93. The summed E-state index contributed by atoms with van der Waals surface area (Å²) in [6, 6.07) is 12.4. The number of aryl methyl sites for hydroxylation is 1. The van der Waals surface area contributed by atoms with Gasteiger partial charge in [-0.05, 0) is 44.0 Å². The number of anilines is 1. The smallest absolute Gasteiger partial charge is 0.320 e. The number of carbonyl (C=O) groups is 1. The lowest BCUT2D eigenvalue weighted by atomic mass is 10.1. The van der Waals surface area contributed by atoms with Crippen LogP contribution < -0.4 is 4.90 Å². The minimum Gasteiger partial charge on any atom is -0.465 e. The maximum atomic E-state index is 11.9. The van der Waals surface area contributed by atoms with Crippen LogP contribution in [0.4, 0.5) is 5.82 Å². The standard InChI is InChI=1S/C22H25N5O2/c1-3-29-21(28)15-25-9-6-10-26(12-11-25)20-13-16(2)17(14-23)22-24-18-7-4-5-8-19(18)27(20)22/h4-5,7-8,13H,3,6,9-12,15H2,1-2H3. The van der Waals surface area contributed by atoms with E-state index in [2.05, 4.69) is 26.3 Å². The van der Waals surface area contributed by atoms with E-state index in [-0.39, 0.29) is 5.97 Å². The van der Waals surface area contributed by atoms with Crippen molar-refractivity contribution >= 4 is 28.5 Å². The number of para-hydroxylation sites is 2. The molecule has 0 unspecified atom stereocenters. The van der Waals surface area contributed by atoms with Crippen LogP contribution in [-0.4, -0.2) is 59.6 Å². The van der Waals surface area contributed by atoms with Gasteiger partial charge < -0.3 is 9.64 Å². The summed E-state index contributed by atoms with van der Waals surface area (Å²) in [5.41, 5.74) is 4.13. The zero-order chi connectivity index (χ0) is 20.4. The van der Waals surface area contributed by atoms with Crippen molar-refractivity contribution < 1.29 is 9.53 Å². The van der Waals surface area contributed by atoms with E-state index in [0.717, 1.165) is 55.0 Å². The highest BCUT2D eigenvalue weighted by Crippen LogP contribution is 2.29. The molecule has 4 rings (SSSR count). The zero-order valence-electron chi connectivity index (χ0n) is 16.9. The number of pyridine rings is 1. The van der Waals surface area contributed by atoms with E-state index in [0.29, 0.717) is 24.4 Å². The normalized spacial score (nSPS) is 15.4. The fourth-order valence-electron chi connectivity index (χ4n) is 4.05. The van der Waals surface area contributed by atoms with Gasteiger partial charge in [-0.25, -0.2) is 4.98 Å². The molecule has 0 aliphatic carbocycles. The molecule has 0 N–H and O–H groups in total. The number of nitrogens with zero attached hydrogens (tertiary/aromatic N) is 5. The Morgan fingerprint density at radius 3 is 2.86 bits per heavy atom. The van der Waals surface area contributed by atoms with Crippen LogP contribution in [-0.2, 0) is 9.53 Å². The summed E-state index contributed by atoms with van der Waals surface area (Å²) in [5, 5.41) is 9.68. The topological polar surface area (TPSA) is 73.9 Å². The number of hydrogen-bond acceptors (Lipinski definition) is 6. The molecule has 0 radical (unpaired) electrons. The molecule has 1 aliphatic heterocycles. The number of hydrogen-bond donors (Lipinski definition) is 0. The Morgan fingerprint density at radius 1 is 1.24 bits per heavy atom. The molecule has 29 heavy (non-hydrogen) atoms. The van der Waals surface area contributed by atoms with Crippen LogP contribution in [0, 0.1) is 18.3 Å².